The fourth-order valence-electron chi connectivity index (χ4n) is 2.70. The quantitative estimate of drug-likeness (QED) is 0.941. The standard InChI is InChI=1S/C16H18FN3O2/c17-13-4-2-1-3-12(13)5-6-16(21)20-9-10-22-11-15(20)14-7-8-18-19-14/h1-4,7-8,15H,5-6,9-11H2,(H,18,19)/t15-/m1/s1. The molecule has 1 atom stereocenters. The molecule has 1 aromatic heterocycles. The molecule has 2 aromatic rings. The predicted octanol–water partition coefficient (Wildman–Crippen LogP) is 2.08. The molecule has 1 amide bonds. The van der Waals surface area contributed by atoms with Crippen molar-refractivity contribution in [2.75, 3.05) is 19.8 Å². The lowest BCUT2D eigenvalue weighted by molar-refractivity contribution is -0.140. The van der Waals surface area contributed by atoms with Crippen molar-refractivity contribution in [3.8, 4) is 0 Å². The number of hydrogen-bond donors (Lipinski definition) is 1. The molecule has 116 valence electrons. The van der Waals surface area contributed by atoms with E-state index in [0.29, 0.717) is 31.7 Å². The monoisotopic (exact) mass is 303 g/mol. The molecule has 5 nitrogen and oxygen atoms in total. The van der Waals surface area contributed by atoms with Crippen LogP contribution in [0.4, 0.5) is 4.39 Å². The van der Waals surface area contributed by atoms with Crippen molar-refractivity contribution in [3.63, 3.8) is 0 Å². The third-order valence-corrected chi connectivity index (χ3v) is 3.90. The van der Waals surface area contributed by atoms with Gasteiger partial charge in [-0.05, 0) is 24.1 Å². The minimum absolute atomic E-state index is 0.00570. The van der Waals surface area contributed by atoms with Gasteiger partial charge in [0.25, 0.3) is 0 Å². The number of nitrogens with zero attached hydrogens (tertiary/aromatic N) is 2. The number of rotatable bonds is 4. The average molecular weight is 303 g/mol. The molecular formula is C16H18FN3O2. The number of benzene rings is 1. The van der Waals surface area contributed by atoms with Crippen LogP contribution in [0.15, 0.2) is 36.5 Å². The number of nitrogens with one attached hydrogen (secondary N) is 1. The third kappa shape index (κ3) is 3.17. The van der Waals surface area contributed by atoms with Crippen LogP contribution in [-0.4, -0.2) is 40.8 Å². The van der Waals surface area contributed by atoms with Crippen LogP contribution >= 0.6 is 0 Å². The number of aromatic nitrogens is 2. The summed E-state index contributed by atoms with van der Waals surface area (Å²) in [6.45, 7) is 1.52. The molecule has 0 saturated carbocycles. The van der Waals surface area contributed by atoms with Crippen LogP contribution in [0.25, 0.3) is 0 Å². The molecule has 1 aliphatic heterocycles. The fraction of sp³-hybridized carbons (Fsp3) is 0.375. The lowest BCUT2D eigenvalue weighted by Gasteiger charge is -2.35. The number of hydrogen-bond acceptors (Lipinski definition) is 3. The minimum atomic E-state index is -0.262. The third-order valence-electron chi connectivity index (χ3n) is 3.90. The molecule has 2 heterocycles. The summed E-state index contributed by atoms with van der Waals surface area (Å²) in [5.74, 6) is -0.256. The molecular weight excluding hydrogens is 285 g/mol. The van der Waals surface area contributed by atoms with E-state index in [1.807, 2.05) is 6.07 Å². The summed E-state index contributed by atoms with van der Waals surface area (Å²) >= 11 is 0. The second-order valence-corrected chi connectivity index (χ2v) is 5.28. The van der Waals surface area contributed by atoms with Gasteiger partial charge < -0.3 is 9.64 Å². The van der Waals surface area contributed by atoms with E-state index in [4.69, 9.17) is 4.74 Å². The number of H-pyrrole nitrogens is 1. The Morgan fingerprint density at radius 2 is 2.27 bits per heavy atom. The van der Waals surface area contributed by atoms with Crippen molar-refractivity contribution in [3.05, 3.63) is 53.6 Å². The van der Waals surface area contributed by atoms with Crippen molar-refractivity contribution in [1.82, 2.24) is 15.1 Å². The zero-order chi connectivity index (χ0) is 15.4. The molecule has 1 aliphatic rings. The van der Waals surface area contributed by atoms with E-state index in [9.17, 15) is 9.18 Å². The maximum atomic E-state index is 13.6. The minimum Gasteiger partial charge on any atom is -0.377 e. The number of aryl methyl sites for hydroxylation is 1. The van der Waals surface area contributed by atoms with E-state index >= 15 is 0 Å². The van der Waals surface area contributed by atoms with Gasteiger partial charge in [-0.15, -0.1) is 0 Å². The van der Waals surface area contributed by atoms with Gasteiger partial charge in [0.05, 0.1) is 24.9 Å². The van der Waals surface area contributed by atoms with Crippen LogP contribution in [0.1, 0.15) is 23.7 Å². The largest absolute Gasteiger partial charge is 0.377 e. The zero-order valence-electron chi connectivity index (χ0n) is 12.2. The molecule has 0 spiro atoms. The number of halogens is 1. The SMILES string of the molecule is O=C(CCc1ccccc1F)N1CCOC[C@@H]1c1ccn[nH]1. The van der Waals surface area contributed by atoms with Gasteiger partial charge in [0.2, 0.25) is 5.91 Å². The predicted molar refractivity (Wildman–Crippen MR) is 78.6 cm³/mol. The fourth-order valence-corrected chi connectivity index (χ4v) is 2.70. The van der Waals surface area contributed by atoms with E-state index in [-0.39, 0.29) is 24.2 Å². The highest BCUT2D eigenvalue weighted by Crippen LogP contribution is 2.23. The first-order valence-corrected chi connectivity index (χ1v) is 7.35. The highest BCUT2D eigenvalue weighted by molar-refractivity contribution is 5.77. The first kappa shape index (κ1) is 14.7. The molecule has 0 unspecified atom stereocenters. The number of amides is 1. The topological polar surface area (TPSA) is 58.2 Å². The van der Waals surface area contributed by atoms with E-state index in [0.717, 1.165) is 5.69 Å². The van der Waals surface area contributed by atoms with Gasteiger partial charge in [-0.3, -0.25) is 9.89 Å². The number of aromatic amines is 1. The highest BCUT2D eigenvalue weighted by Gasteiger charge is 2.29. The second-order valence-electron chi connectivity index (χ2n) is 5.28. The van der Waals surface area contributed by atoms with Crippen molar-refractivity contribution >= 4 is 5.91 Å². The maximum Gasteiger partial charge on any atom is 0.223 e. The number of carbonyl (C=O) groups is 1. The summed E-state index contributed by atoms with van der Waals surface area (Å²) in [7, 11) is 0. The summed E-state index contributed by atoms with van der Waals surface area (Å²) in [5, 5.41) is 6.82. The van der Waals surface area contributed by atoms with Gasteiger partial charge >= 0.3 is 0 Å². The number of ether oxygens (including phenoxy) is 1. The zero-order valence-corrected chi connectivity index (χ0v) is 12.2. The Labute approximate surface area is 128 Å². The van der Waals surface area contributed by atoms with Crippen molar-refractivity contribution in [2.45, 2.75) is 18.9 Å². The lowest BCUT2D eigenvalue weighted by Crippen LogP contribution is -2.43. The summed E-state index contributed by atoms with van der Waals surface area (Å²) < 4.78 is 19.1. The molecule has 1 saturated heterocycles. The second kappa shape index (κ2) is 6.70. The molecule has 1 aromatic carbocycles. The van der Waals surface area contributed by atoms with E-state index in [1.165, 1.54) is 6.07 Å². The smallest absolute Gasteiger partial charge is 0.223 e. The summed E-state index contributed by atoms with van der Waals surface area (Å²) in [4.78, 5) is 14.3. The average Bonchev–Trinajstić information content (AvgIpc) is 3.08. The maximum absolute atomic E-state index is 13.6. The van der Waals surface area contributed by atoms with Crippen LogP contribution < -0.4 is 0 Å². The van der Waals surface area contributed by atoms with E-state index < -0.39 is 0 Å². The Kier molecular flexibility index (Phi) is 4.48. The van der Waals surface area contributed by atoms with Gasteiger partial charge in [0, 0.05) is 19.2 Å². The molecule has 6 heteroatoms. The van der Waals surface area contributed by atoms with E-state index in [1.54, 1.807) is 29.3 Å². The van der Waals surface area contributed by atoms with Gasteiger partial charge in [0.1, 0.15) is 5.82 Å². The van der Waals surface area contributed by atoms with Crippen LogP contribution in [0.3, 0.4) is 0 Å². The Bertz CT molecular complexity index is 630. The normalized spacial score (nSPS) is 18.4. The van der Waals surface area contributed by atoms with Gasteiger partial charge in [0.15, 0.2) is 0 Å². The molecule has 0 bridgehead atoms. The molecule has 1 fully saturated rings. The molecule has 0 radical (unpaired) electrons. The Morgan fingerprint density at radius 3 is 3.05 bits per heavy atom. The van der Waals surface area contributed by atoms with E-state index in [2.05, 4.69) is 10.2 Å². The van der Waals surface area contributed by atoms with Crippen molar-refractivity contribution in [2.24, 2.45) is 0 Å². The van der Waals surface area contributed by atoms with Gasteiger partial charge in [-0.25, -0.2) is 4.39 Å². The molecule has 3 rings (SSSR count). The van der Waals surface area contributed by atoms with Crippen molar-refractivity contribution < 1.29 is 13.9 Å². The van der Waals surface area contributed by atoms with Crippen LogP contribution in [0.2, 0.25) is 0 Å². The summed E-state index contributed by atoms with van der Waals surface area (Å²) in [6, 6.07) is 8.26. The van der Waals surface area contributed by atoms with Crippen LogP contribution in [0.5, 0.6) is 0 Å². The van der Waals surface area contributed by atoms with Gasteiger partial charge in [-0.2, -0.15) is 5.10 Å². The van der Waals surface area contributed by atoms with Gasteiger partial charge in [-0.1, -0.05) is 18.2 Å². The highest BCUT2D eigenvalue weighted by atomic mass is 19.1. The lowest BCUT2D eigenvalue weighted by atomic mass is 10.1. The molecule has 22 heavy (non-hydrogen) atoms. The first-order chi connectivity index (χ1) is 10.8. The van der Waals surface area contributed by atoms with Crippen LogP contribution in [0, 0.1) is 5.82 Å². The van der Waals surface area contributed by atoms with Crippen molar-refractivity contribution in [1.29, 1.82) is 0 Å². The molecule has 0 aliphatic carbocycles. The van der Waals surface area contributed by atoms with Crippen LogP contribution in [-0.2, 0) is 16.0 Å². The summed E-state index contributed by atoms with van der Waals surface area (Å²) in [6.07, 6.45) is 2.34. The number of morpholine rings is 1. The Balaban J connectivity index is 1.66. The Morgan fingerprint density at radius 1 is 1.41 bits per heavy atom. The first-order valence-electron chi connectivity index (χ1n) is 7.35. The summed E-state index contributed by atoms with van der Waals surface area (Å²) in [5.41, 5.74) is 1.43. The number of carbonyl (C=O) groups excluding carboxylic acids is 1. The molecule has 1 N–H and O–H groups in total. The Hall–Kier alpha value is -2.21.